The average molecular weight is 261 g/mol. The van der Waals surface area contributed by atoms with Crippen LogP contribution >= 0.6 is 22.9 Å². The zero-order valence-corrected chi connectivity index (χ0v) is 10.5. The first-order valence-electron chi connectivity index (χ1n) is 5.16. The lowest BCUT2D eigenvalue weighted by Crippen LogP contribution is -2.55. The number of carbonyl (C=O) groups is 1. The van der Waals surface area contributed by atoms with Crippen molar-refractivity contribution >= 4 is 34.0 Å². The summed E-state index contributed by atoms with van der Waals surface area (Å²) in [5.74, 6) is -0.793. The van der Waals surface area contributed by atoms with Crippen LogP contribution in [-0.2, 0) is 4.79 Å². The highest BCUT2D eigenvalue weighted by Gasteiger charge is 2.42. The van der Waals surface area contributed by atoms with Gasteiger partial charge in [0.15, 0.2) is 5.13 Å². The predicted octanol–water partition coefficient (Wildman–Crippen LogP) is 2.63. The number of carboxylic acids is 1. The van der Waals surface area contributed by atoms with Gasteiger partial charge in [0.2, 0.25) is 0 Å². The van der Waals surface area contributed by atoms with Crippen LogP contribution in [0.5, 0.6) is 0 Å². The van der Waals surface area contributed by atoms with Crippen LogP contribution in [0.1, 0.15) is 26.2 Å². The molecule has 0 spiro atoms. The minimum atomic E-state index is -0.848. The topological polar surface area (TPSA) is 53.4 Å². The summed E-state index contributed by atoms with van der Waals surface area (Å²) >= 11 is 7.17. The van der Waals surface area contributed by atoms with E-state index in [0.29, 0.717) is 16.7 Å². The molecule has 1 aliphatic heterocycles. The van der Waals surface area contributed by atoms with Crippen molar-refractivity contribution in [2.75, 3.05) is 11.4 Å². The summed E-state index contributed by atoms with van der Waals surface area (Å²) in [5.41, 5.74) is -0.848. The van der Waals surface area contributed by atoms with Crippen molar-refractivity contribution in [3.63, 3.8) is 0 Å². The number of hydrogen-bond donors (Lipinski definition) is 1. The van der Waals surface area contributed by atoms with Crippen molar-refractivity contribution in [2.45, 2.75) is 31.7 Å². The molecule has 1 unspecified atom stereocenters. The smallest absolute Gasteiger partial charge is 0.329 e. The first-order valence-corrected chi connectivity index (χ1v) is 6.42. The molecule has 0 aliphatic carbocycles. The largest absolute Gasteiger partial charge is 0.480 e. The highest BCUT2D eigenvalue weighted by molar-refractivity contribution is 7.14. The molecule has 0 saturated carbocycles. The Kier molecular flexibility index (Phi) is 3.08. The summed E-state index contributed by atoms with van der Waals surface area (Å²) in [4.78, 5) is 17.4. The zero-order valence-electron chi connectivity index (χ0n) is 8.94. The Labute approximate surface area is 103 Å². The minimum Gasteiger partial charge on any atom is -0.480 e. The van der Waals surface area contributed by atoms with E-state index in [1.54, 1.807) is 12.3 Å². The molecular weight excluding hydrogens is 248 g/mol. The summed E-state index contributed by atoms with van der Waals surface area (Å²) in [6.07, 6.45) is 2.60. The normalized spacial score (nSPS) is 25.8. The maximum Gasteiger partial charge on any atom is 0.329 e. The van der Waals surface area contributed by atoms with E-state index in [0.717, 1.165) is 19.4 Å². The molecule has 1 atom stereocenters. The van der Waals surface area contributed by atoms with Crippen molar-refractivity contribution in [3.05, 3.63) is 10.5 Å². The van der Waals surface area contributed by atoms with Crippen LogP contribution in [0.4, 0.5) is 5.13 Å². The third-order valence-electron chi connectivity index (χ3n) is 3.05. The van der Waals surface area contributed by atoms with Gasteiger partial charge in [-0.2, -0.15) is 0 Å². The Bertz CT molecular complexity index is 409. The van der Waals surface area contributed by atoms with Gasteiger partial charge in [0.1, 0.15) is 10.7 Å². The Morgan fingerprint density at radius 3 is 3.00 bits per heavy atom. The van der Waals surface area contributed by atoms with Gasteiger partial charge < -0.3 is 10.0 Å². The van der Waals surface area contributed by atoms with Crippen molar-refractivity contribution in [1.29, 1.82) is 0 Å². The van der Waals surface area contributed by atoms with E-state index in [1.807, 2.05) is 4.90 Å². The third-order valence-corrected chi connectivity index (χ3v) is 4.23. The van der Waals surface area contributed by atoms with Gasteiger partial charge in [-0.25, -0.2) is 9.78 Å². The fourth-order valence-corrected chi connectivity index (χ4v) is 3.11. The molecule has 2 rings (SSSR count). The lowest BCUT2D eigenvalue weighted by Gasteiger charge is -2.41. The summed E-state index contributed by atoms with van der Waals surface area (Å²) in [7, 11) is 0. The van der Waals surface area contributed by atoms with Gasteiger partial charge in [0.05, 0.1) is 0 Å². The van der Waals surface area contributed by atoms with Gasteiger partial charge in [-0.05, 0) is 26.2 Å². The van der Waals surface area contributed by atoms with Crippen LogP contribution in [0.2, 0.25) is 5.15 Å². The van der Waals surface area contributed by atoms with Gasteiger partial charge in [0.25, 0.3) is 0 Å². The van der Waals surface area contributed by atoms with Crippen molar-refractivity contribution in [1.82, 2.24) is 4.98 Å². The molecule has 1 N–H and O–H groups in total. The van der Waals surface area contributed by atoms with E-state index in [9.17, 15) is 9.90 Å². The molecule has 0 bridgehead atoms. The van der Waals surface area contributed by atoms with Crippen LogP contribution in [-0.4, -0.2) is 28.1 Å². The highest BCUT2D eigenvalue weighted by Crippen LogP contribution is 2.35. The monoisotopic (exact) mass is 260 g/mol. The van der Waals surface area contributed by atoms with Gasteiger partial charge in [-0.3, -0.25) is 0 Å². The number of halogens is 1. The fourth-order valence-electron chi connectivity index (χ4n) is 2.02. The average Bonchev–Trinajstić information content (AvgIpc) is 2.65. The number of nitrogens with zero attached hydrogens (tertiary/aromatic N) is 2. The van der Waals surface area contributed by atoms with E-state index in [4.69, 9.17) is 11.6 Å². The molecule has 1 saturated heterocycles. The molecule has 0 radical (unpaired) electrons. The molecular formula is C10H13ClN2O2S. The summed E-state index contributed by atoms with van der Waals surface area (Å²) in [5, 5.41) is 12.2. The molecule has 88 valence electrons. The SMILES string of the molecule is CC1(C(=O)O)CCCCN1c1nc(Cl)cs1. The van der Waals surface area contributed by atoms with Crippen LogP contribution < -0.4 is 4.90 Å². The van der Waals surface area contributed by atoms with Crippen LogP contribution in [0.15, 0.2) is 5.38 Å². The molecule has 16 heavy (non-hydrogen) atoms. The van der Waals surface area contributed by atoms with Crippen molar-refractivity contribution in [3.8, 4) is 0 Å². The number of aromatic nitrogens is 1. The Morgan fingerprint density at radius 1 is 1.69 bits per heavy atom. The number of hydrogen-bond acceptors (Lipinski definition) is 4. The second kappa shape index (κ2) is 4.22. The Hall–Kier alpha value is -0.810. The fraction of sp³-hybridized carbons (Fsp3) is 0.600. The molecule has 6 heteroatoms. The van der Waals surface area contributed by atoms with Crippen LogP contribution in [0, 0.1) is 0 Å². The third kappa shape index (κ3) is 1.89. The highest BCUT2D eigenvalue weighted by atomic mass is 35.5. The number of rotatable bonds is 2. The van der Waals surface area contributed by atoms with Crippen molar-refractivity contribution in [2.24, 2.45) is 0 Å². The van der Waals surface area contributed by atoms with E-state index >= 15 is 0 Å². The molecule has 1 fully saturated rings. The molecule has 1 aromatic heterocycles. The van der Waals surface area contributed by atoms with E-state index in [1.165, 1.54) is 11.3 Å². The Morgan fingerprint density at radius 2 is 2.44 bits per heavy atom. The van der Waals surface area contributed by atoms with Gasteiger partial charge in [0, 0.05) is 11.9 Å². The molecule has 1 aromatic rings. The lowest BCUT2D eigenvalue weighted by molar-refractivity contribution is -0.143. The summed E-state index contributed by atoms with van der Waals surface area (Å²) < 4.78 is 0. The number of anilines is 1. The quantitative estimate of drug-likeness (QED) is 0.888. The second-order valence-electron chi connectivity index (χ2n) is 4.14. The molecule has 2 heterocycles. The van der Waals surface area contributed by atoms with E-state index in [2.05, 4.69) is 4.98 Å². The maximum atomic E-state index is 11.4. The number of thiazole rings is 1. The van der Waals surface area contributed by atoms with Crippen molar-refractivity contribution < 1.29 is 9.90 Å². The van der Waals surface area contributed by atoms with E-state index in [-0.39, 0.29) is 0 Å². The minimum absolute atomic E-state index is 0.429. The van der Waals surface area contributed by atoms with E-state index < -0.39 is 11.5 Å². The maximum absolute atomic E-state index is 11.4. The first kappa shape index (κ1) is 11.7. The predicted molar refractivity (Wildman–Crippen MR) is 64.4 cm³/mol. The zero-order chi connectivity index (χ0) is 11.8. The Balaban J connectivity index is 2.33. The molecule has 0 amide bonds. The van der Waals surface area contributed by atoms with Gasteiger partial charge in [-0.15, -0.1) is 11.3 Å². The molecule has 1 aliphatic rings. The first-order chi connectivity index (χ1) is 7.54. The molecule has 4 nitrogen and oxygen atoms in total. The molecule has 0 aromatic carbocycles. The number of piperidine rings is 1. The number of aliphatic carboxylic acids is 1. The summed E-state index contributed by atoms with van der Waals surface area (Å²) in [6, 6.07) is 0. The summed E-state index contributed by atoms with van der Waals surface area (Å²) in [6.45, 7) is 2.48. The second-order valence-corrected chi connectivity index (χ2v) is 5.36. The van der Waals surface area contributed by atoms with Gasteiger partial charge in [-0.1, -0.05) is 11.6 Å². The standard InChI is InChI=1S/C10H13ClN2O2S/c1-10(8(14)15)4-2-3-5-13(10)9-12-7(11)6-16-9/h6H,2-5H2,1H3,(H,14,15). The van der Waals surface area contributed by atoms with Gasteiger partial charge >= 0.3 is 5.97 Å². The van der Waals surface area contributed by atoms with Crippen LogP contribution in [0.3, 0.4) is 0 Å². The number of carboxylic acid groups (broad SMARTS) is 1. The van der Waals surface area contributed by atoms with Crippen LogP contribution in [0.25, 0.3) is 0 Å². The lowest BCUT2D eigenvalue weighted by atomic mass is 9.89.